The van der Waals surface area contributed by atoms with E-state index in [9.17, 15) is 4.79 Å². The maximum absolute atomic E-state index is 11.8. The first-order valence-electron chi connectivity index (χ1n) is 7.27. The van der Waals surface area contributed by atoms with Gasteiger partial charge in [-0.1, -0.05) is 32.6 Å². The highest BCUT2D eigenvalue weighted by Gasteiger charge is 2.25. The second-order valence-corrected chi connectivity index (χ2v) is 5.91. The lowest BCUT2D eigenvalue weighted by molar-refractivity contribution is -0.121. The molecule has 17 heavy (non-hydrogen) atoms. The van der Waals surface area contributed by atoms with Crippen LogP contribution in [0.25, 0.3) is 0 Å². The van der Waals surface area contributed by atoms with E-state index < -0.39 is 0 Å². The van der Waals surface area contributed by atoms with Gasteiger partial charge in [0.25, 0.3) is 0 Å². The van der Waals surface area contributed by atoms with E-state index in [1.807, 2.05) is 0 Å². The van der Waals surface area contributed by atoms with Gasteiger partial charge in [-0.05, 0) is 31.6 Å². The van der Waals surface area contributed by atoms with E-state index in [1.54, 1.807) is 0 Å². The number of hydrogen-bond donors (Lipinski definition) is 2. The third-order valence-corrected chi connectivity index (χ3v) is 4.15. The van der Waals surface area contributed by atoms with Crippen LogP contribution in [-0.4, -0.2) is 24.5 Å². The Bertz CT molecular complexity index is 241. The lowest BCUT2D eigenvalue weighted by atomic mass is 9.82. The highest BCUT2D eigenvalue weighted by Crippen LogP contribution is 2.25. The number of amides is 1. The van der Waals surface area contributed by atoms with Crippen molar-refractivity contribution in [2.75, 3.05) is 6.54 Å². The summed E-state index contributed by atoms with van der Waals surface area (Å²) >= 11 is 0. The van der Waals surface area contributed by atoms with Crippen molar-refractivity contribution in [3.63, 3.8) is 0 Å². The summed E-state index contributed by atoms with van der Waals surface area (Å²) in [5, 5.41) is 6.51. The molecular formula is C14H26N2O. The monoisotopic (exact) mass is 238 g/mol. The molecule has 0 spiro atoms. The Hall–Kier alpha value is -0.570. The van der Waals surface area contributed by atoms with Gasteiger partial charge in [0.2, 0.25) is 5.91 Å². The van der Waals surface area contributed by atoms with Gasteiger partial charge >= 0.3 is 0 Å². The standard InChI is InChI=1S/C14H26N2O/c1-11-8-13(9-11)15-10-14(17)16-12-6-4-2-3-5-7-12/h11-13,15H,2-10H2,1H3,(H,16,17). The quantitative estimate of drug-likeness (QED) is 0.737. The maximum Gasteiger partial charge on any atom is 0.234 e. The normalized spacial score (nSPS) is 30.4. The van der Waals surface area contributed by atoms with Gasteiger partial charge in [0.1, 0.15) is 0 Å². The van der Waals surface area contributed by atoms with Crippen LogP contribution in [-0.2, 0) is 4.79 Å². The summed E-state index contributed by atoms with van der Waals surface area (Å²) in [6, 6.07) is 1.02. The SMILES string of the molecule is CC1CC(NCC(=O)NC2CCCCCC2)C1. The van der Waals surface area contributed by atoms with E-state index in [0.717, 1.165) is 5.92 Å². The third-order valence-electron chi connectivity index (χ3n) is 4.15. The van der Waals surface area contributed by atoms with Gasteiger partial charge in [-0.15, -0.1) is 0 Å². The Morgan fingerprint density at radius 3 is 2.29 bits per heavy atom. The van der Waals surface area contributed by atoms with Crippen molar-refractivity contribution in [1.29, 1.82) is 0 Å². The molecule has 2 N–H and O–H groups in total. The molecule has 2 aliphatic carbocycles. The molecule has 2 saturated carbocycles. The Morgan fingerprint density at radius 1 is 1.06 bits per heavy atom. The Morgan fingerprint density at radius 2 is 1.71 bits per heavy atom. The minimum absolute atomic E-state index is 0.191. The van der Waals surface area contributed by atoms with Crippen LogP contribution in [0.4, 0.5) is 0 Å². The van der Waals surface area contributed by atoms with Gasteiger partial charge in [0.05, 0.1) is 6.54 Å². The first-order chi connectivity index (χ1) is 8.24. The summed E-state index contributed by atoms with van der Waals surface area (Å²) in [6.45, 7) is 2.78. The summed E-state index contributed by atoms with van der Waals surface area (Å²) < 4.78 is 0. The molecule has 3 heteroatoms. The number of carbonyl (C=O) groups is 1. The van der Waals surface area contributed by atoms with Crippen molar-refractivity contribution in [2.45, 2.75) is 70.4 Å². The fraction of sp³-hybridized carbons (Fsp3) is 0.929. The maximum atomic E-state index is 11.8. The lowest BCUT2D eigenvalue weighted by Crippen LogP contribution is -2.46. The third kappa shape index (κ3) is 4.30. The van der Waals surface area contributed by atoms with Crippen LogP contribution in [0, 0.1) is 5.92 Å². The molecule has 3 nitrogen and oxygen atoms in total. The van der Waals surface area contributed by atoms with Gasteiger partial charge in [0.15, 0.2) is 0 Å². The molecular weight excluding hydrogens is 212 g/mol. The molecule has 0 bridgehead atoms. The van der Waals surface area contributed by atoms with Crippen molar-refractivity contribution in [3.05, 3.63) is 0 Å². The van der Waals surface area contributed by atoms with Crippen molar-refractivity contribution in [2.24, 2.45) is 5.92 Å². The molecule has 0 aromatic heterocycles. The zero-order valence-electron chi connectivity index (χ0n) is 11.0. The molecule has 2 aliphatic rings. The van der Waals surface area contributed by atoms with Crippen LogP contribution >= 0.6 is 0 Å². The molecule has 0 unspecified atom stereocenters. The van der Waals surface area contributed by atoms with E-state index in [1.165, 1.54) is 51.4 Å². The molecule has 0 atom stereocenters. The predicted octanol–water partition coefficient (Wildman–Crippen LogP) is 2.21. The number of carbonyl (C=O) groups excluding carboxylic acids is 1. The Balaban J connectivity index is 1.59. The second kappa shape index (κ2) is 6.39. The van der Waals surface area contributed by atoms with Crippen molar-refractivity contribution in [1.82, 2.24) is 10.6 Å². The van der Waals surface area contributed by atoms with Crippen LogP contribution in [0.2, 0.25) is 0 Å². The number of hydrogen-bond acceptors (Lipinski definition) is 2. The van der Waals surface area contributed by atoms with E-state index in [2.05, 4.69) is 17.6 Å². The van der Waals surface area contributed by atoms with Gasteiger partial charge in [-0.25, -0.2) is 0 Å². The molecule has 2 fully saturated rings. The van der Waals surface area contributed by atoms with E-state index >= 15 is 0 Å². The molecule has 0 radical (unpaired) electrons. The van der Waals surface area contributed by atoms with Crippen LogP contribution in [0.1, 0.15) is 58.3 Å². The highest BCUT2D eigenvalue weighted by molar-refractivity contribution is 5.78. The highest BCUT2D eigenvalue weighted by atomic mass is 16.1. The minimum Gasteiger partial charge on any atom is -0.352 e. The van der Waals surface area contributed by atoms with Crippen LogP contribution in [0.15, 0.2) is 0 Å². The summed E-state index contributed by atoms with van der Waals surface area (Å²) in [4.78, 5) is 11.8. The van der Waals surface area contributed by atoms with E-state index in [4.69, 9.17) is 0 Å². The molecule has 98 valence electrons. The average molecular weight is 238 g/mol. The van der Waals surface area contributed by atoms with E-state index in [0.29, 0.717) is 18.6 Å². The molecule has 2 rings (SSSR count). The van der Waals surface area contributed by atoms with Gasteiger partial charge in [0, 0.05) is 12.1 Å². The fourth-order valence-corrected chi connectivity index (χ4v) is 3.01. The number of rotatable bonds is 4. The topological polar surface area (TPSA) is 41.1 Å². The zero-order chi connectivity index (χ0) is 12.1. The van der Waals surface area contributed by atoms with Gasteiger partial charge < -0.3 is 10.6 Å². The lowest BCUT2D eigenvalue weighted by Gasteiger charge is -2.33. The summed E-state index contributed by atoms with van der Waals surface area (Å²) in [6.07, 6.45) is 10.0. The smallest absolute Gasteiger partial charge is 0.234 e. The predicted molar refractivity (Wildman–Crippen MR) is 69.8 cm³/mol. The summed E-state index contributed by atoms with van der Waals surface area (Å²) in [5.41, 5.74) is 0. The van der Waals surface area contributed by atoms with Gasteiger partial charge in [-0.2, -0.15) is 0 Å². The van der Waals surface area contributed by atoms with Crippen molar-refractivity contribution >= 4 is 5.91 Å². The van der Waals surface area contributed by atoms with Crippen LogP contribution in [0.5, 0.6) is 0 Å². The van der Waals surface area contributed by atoms with Crippen LogP contribution in [0.3, 0.4) is 0 Å². The molecule has 0 aliphatic heterocycles. The first-order valence-corrected chi connectivity index (χ1v) is 7.27. The Kier molecular flexibility index (Phi) is 4.84. The number of nitrogens with one attached hydrogen (secondary N) is 2. The molecule has 0 saturated heterocycles. The first kappa shape index (κ1) is 12.9. The van der Waals surface area contributed by atoms with Crippen LogP contribution < -0.4 is 10.6 Å². The largest absolute Gasteiger partial charge is 0.352 e. The summed E-state index contributed by atoms with van der Waals surface area (Å²) in [5.74, 6) is 1.04. The van der Waals surface area contributed by atoms with Gasteiger partial charge in [-0.3, -0.25) is 4.79 Å². The van der Waals surface area contributed by atoms with E-state index in [-0.39, 0.29) is 5.91 Å². The Labute approximate surface area is 105 Å². The molecule has 0 heterocycles. The minimum atomic E-state index is 0.191. The second-order valence-electron chi connectivity index (χ2n) is 5.91. The van der Waals surface area contributed by atoms with Crippen molar-refractivity contribution < 1.29 is 4.79 Å². The molecule has 0 aromatic rings. The molecule has 0 aromatic carbocycles. The summed E-state index contributed by atoms with van der Waals surface area (Å²) in [7, 11) is 0. The fourth-order valence-electron chi connectivity index (χ4n) is 3.01. The zero-order valence-corrected chi connectivity index (χ0v) is 11.0. The van der Waals surface area contributed by atoms with Crippen molar-refractivity contribution in [3.8, 4) is 0 Å². The average Bonchev–Trinajstić information content (AvgIpc) is 2.51. The molecule has 1 amide bonds.